The predicted molar refractivity (Wildman–Crippen MR) is 162 cm³/mol. The topological polar surface area (TPSA) is 142 Å². The quantitative estimate of drug-likeness (QED) is 0.130. The third-order valence-electron chi connectivity index (χ3n) is 6.54. The lowest BCUT2D eigenvalue weighted by Crippen LogP contribution is -2.19. The lowest BCUT2D eigenvalue weighted by molar-refractivity contribution is -0.394. The highest BCUT2D eigenvalue weighted by atomic mass is 35.5. The fourth-order valence-corrected chi connectivity index (χ4v) is 5.41. The molecule has 0 unspecified atom stereocenters. The molecular formula is C29H22ClN5O6S. The molecule has 1 saturated heterocycles. The summed E-state index contributed by atoms with van der Waals surface area (Å²) in [5, 5.41) is 26.3. The number of nitro benzene ring substituents is 2. The predicted octanol–water partition coefficient (Wildman–Crippen LogP) is 7.56. The van der Waals surface area contributed by atoms with Gasteiger partial charge in [0.1, 0.15) is 5.75 Å². The van der Waals surface area contributed by atoms with Crippen LogP contribution in [0.2, 0.25) is 5.02 Å². The third kappa shape index (κ3) is 5.76. The molecule has 0 radical (unpaired) electrons. The monoisotopic (exact) mass is 603 g/mol. The van der Waals surface area contributed by atoms with Gasteiger partial charge in [-0.15, -0.1) is 0 Å². The Morgan fingerprint density at radius 1 is 1.00 bits per heavy atom. The fraction of sp³-hybridized carbons (Fsp3) is 0.103. The number of hydrogen-bond acceptors (Lipinski definition) is 8. The standard InChI is InChI=1S/C29H22ClN5O6S/c1-16-13-19(14-27-28(36)32-29(42-27)31-24-6-4-5-23(30)17(24)2)18(3)33(16)20-7-10-22(11-8-20)41-26-12-9-21(34(37)38)15-25(26)35(39)40/h4-15H,1-3H3,(H,31,32,36)/b27-14-. The van der Waals surface area contributed by atoms with Gasteiger partial charge in [0.05, 0.1) is 26.5 Å². The summed E-state index contributed by atoms with van der Waals surface area (Å²) in [7, 11) is 0. The minimum absolute atomic E-state index is 0.110. The van der Waals surface area contributed by atoms with Crippen LogP contribution in [0.4, 0.5) is 17.1 Å². The Hall–Kier alpha value is -4.94. The average molecular weight is 604 g/mol. The number of benzene rings is 3. The van der Waals surface area contributed by atoms with Gasteiger partial charge in [0.25, 0.3) is 11.6 Å². The number of nitrogens with one attached hydrogen (secondary N) is 1. The third-order valence-corrected chi connectivity index (χ3v) is 7.86. The highest BCUT2D eigenvalue weighted by Gasteiger charge is 2.25. The number of non-ortho nitro benzene ring substituents is 1. The van der Waals surface area contributed by atoms with Gasteiger partial charge >= 0.3 is 5.69 Å². The molecule has 0 aliphatic carbocycles. The zero-order valence-electron chi connectivity index (χ0n) is 22.5. The van der Waals surface area contributed by atoms with Crippen LogP contribution in [0.3, 0.4) is 0 Å². The molecule has 3 aromatic carbocycles. The second-order valence-electron chi connectivity index (χ2n) is 9.29. The van der Waals surface area contributed by atoms with Crippen LogP contribution in [0.15, 0.2) is 76.6 Å². The molecule has 0 spiro atoms. The maximum Gasteiger partial charge on any atom is 0.318 e. The smallest absolute Gasteiger partial charge is 0.318 e. The number of thioether (sulfide) groups is 1. The van der Waals surface area contributed by atoms with Gasteiger partial charge in [0, 0.05) is 28.2 Å². The second-order valence-corrected chi connectivity index (χ2v) is 10.7. The van der Waals surface area contributed by atoms with E-state index in [0.717, 1.165) is 40.3 Å². The maximum absolute atomic E-state index is 12.7. The van der Waals surface area contributed by atoms with Crippen LogP contribution in [-0.4, -0.2) is 25.5 Å². The number of amides is 1. The molecule has 2 heterocycles. The van der Waals surface area contributed by atoms with Crippen molar-refractivity contribution in [3.63, 3.8) is 0 Å². The zero-order chi connectivity index (χ0) is 30.1. The Morgan fingerprint density at radius 2 is 1.74 bits per heavy atom. The molecule has 5 rings (SSSR count). The summed E-state index contributed by atoms with van der Waals surface area (Å²) in [4.78, 5) is 38.8. The molecular weight excluding hydrogens is 582 g/mol. The largest absolute Gasteiger partial charge is 0.450 e. The number of carbonyl (C=O) groups is 1. The van der Waals surface area contributed by atoms with Crippen molar-refractivity contribution >= 4 is 57.6 Å². The first-order valence-electron chi connectivity index (χ1n) is 12.5. The molecule has 4 aromatic rings. The lowest BCUT2D eigenvalue weighted by atomic mass is 10.2. The molecule has 11 nitrogen and oxygen atoms in total. The summed E-state index contributed by atoms with van der Waals surface area (Å²) in [6.45, 7) is 5.75. The summed E-state index contributed by atoms with van der Waals surface area (Å²) in [5.41, 5.74) is 4.07. The Labute approximate surface area is 248 Å². The van der Waals surface area contributed by atoms with E-state index in [0.29, 0.717) is 26.5 Å². The Morgan fingerprint density at radius 3 is 2.43 bits per heavy atom. The van der Waals surface area contributed by atoms with E-state index in [1.165, 1.54) is 17.8 Å². The number of ether oxygens (including phenoxy) is 1. The van der Waals surface area contributed by atoms with Crippen molar-refractivity contribution in [1.29, 1.82) is 0 Å². The van der Waals surface area contributed by atoms with Crippen molar-refractivity contribution in [2.75, 3.05) is 0 Å². The summed E-state index contributed by atoms with van der Waals surface area (Å²) in [5.74, 6) is -0.0345. The van der Waals surface area contributed by atoms with Gasteiger partial charge in [-0.3, -0.25) is 25.0 Å². The molecule has 1 aliphatic rings. The van der Waals surface area contributed by atoms with Crippen LogP contribution in [-0.2, 0) is 4.79 Å². The van der Waals surface area contributed by atoms with Gasteiger partial charge in [0.2, 0.25) is 5.75 Å². The molecule has 212 valence electrons. The second kappa shape index (κ2) is 11.5. The summed E-state index contributed by atoms with van der Waals surface area (Å²) >= 11 is 7.44. The Kier molecular flexibility index (Phi) is 7.83. The van der Waals surface area contributed by atoms with E-state index in [1.807, 2.05) is 43.5 Å². The van der Waals surface area contributed by atoms with Crippen LogP contribution in [0.1, 0.15) is 22.5 Å². The van der Waals surface area contributed by atoms with Gasteiger partial charge in [0.15, 0.2) is 5.17 Å². The SMILES string of the molecule is Cc1c(Cl)cccc1N=C1NC(=O)/C(=C/c2cc(C)n(-c3ccc(Oc4ccc([N+](=O)[O-])cc4[N+](=O)[O-])cc3)c2C)S1. The van der Waals surface area contributed by atoms with E-state index in [2.05, 4.69) is 10.3 Å². The molecule has 0 bridgehead atoms. The number of aromatic nitrogens is 1. The van der Waals surface area contributed by atoms with Gasteiger partial charge in [-0.05, 0) is 98.3 Å². The van der Waals surface area contributed by atoms with Crippen molar-refractivity contribution in [3.05, 3.63) is 119 Å². The highest BCUT2D eigenvalue weighted by Crippen LogP contribution is 2.36. The van der Waals surface area contributed by atoms with Gasteiger partial charge in [-0.25, -0.2) is 4.99 Å². The average Bonchev–Trinajstić information content (AvgIpc) is 3.43. The van der Waals surface area contributed by atoms with Crippen molar-refractivity contribution in [2.45, 2.75) is 20.8 Å². The molecule has 1 amide bonds. The first-order chi connectivity index (χ1) is 20.0. The summed E-state index contributed by atoms with van der Waals surface area (Å²) in [6.07, 6.45) is 1.82. The first-order valence-corrected chi connectivity index (χ1v) is 13.7. The Balaban J connectivity index is 1.37. The molecule has 1 aromatic heterocycles. The molecule has 0 saturated carbocycles. The van der Waals surface area contributed by atoms with E-state index in [1.54, 1.807) is 36.4 Å². The summed E-state index contributed by atoms with van der Waals surface area (Å²) < 4.78 is 7.69. The van der Waals surface area contributed by atoms with Crippen molar-refractivity contribution in [3.8, 4) is 17.2 Å². The van der Waals surface area contributed by atoms with E-state index >= 15 is 0 Å². The number of nitro groups is 2. The molecule has 0 atom stereocenters. The molecule has 1 aliphatic heterocycles. The van der Waals surface area contributed by atoms with Crippen LogP contribution in [0, 0.1) is 41.0 Å². The van der Waals surface area contributed by atoms with E-state index in [-0.39, 0.29) is 11.7 Å². The van der Waals surface area contributed by atoms with Gasteiger partial charge < -0.3 is 14.6 Å². The van der Waals surface area contributed by atoms with Crippen LogP contribution in [0.25, 0.3) is 11.8 Å². The number of nitrogens with zero attached hydrogens (tertiary/aromatic N) is 4. The number of hydrogen-bond donors (Lipinski definition) is 1. The van der Waals surface area contributed by atoms with Crippen LogP contribution < -0.4 is 10.1 Å². The number of aliphatic imine (C=N–C) groups is 1. The number of carbonyl (C=O) groups excluding carboxylic acids is 1. The molecule has 13 heteroatoms. The summed E-state index contributed by atoms with van der Waals surface area (Å²) in [6, 6.07) is 17.5. The lowest BCUT2D eigenvalue weighted by Gasteiger charge is -2.11. The maximum atomic E-state index is 12.7. The van der Waals surface area contributed by atoms with Crippen LogP contribution >= 0.6 is 23.4 Å². The number of rotatable bonds is 7. The van der Waals surface area contributed by atoms with Gasteiger partial charge in [-0.1, -0.05) is 17.7 Å². The van der Waals surface area contributed by atoms with E-state index in [9.17, 15) is 25.0 Å². The fourth-order valence-electron chi connectivity index (χ4n) is 4.42. The number of halogens is 1. The van der Waals surface area contributed by atoms with Crippen molar-refractivity contribution in [1.82, 2.24) is 9.88 Å². The van der Waals surface area contributed by atoms with E-state index in [4.69, 9.17) is 16.3 Å². The number of aryl methyl sites for hydroxylation is 1. The normalized spacial score (nSPS) is 14.8. The minimum atomic E-state index is -0.727. The van der Waals surface area contributed by atoms with E-state index < -0.39 is 21.2 Å². The minimum Gasteiger partial charge on any atom is -0.450 e. The Bertz CT molecular complexity index is 1830. The first kappa shape index (κ1) is 28.6. The zero-order valence-corrected chi connectivity index (χ0v) is 24.0. The van der Waals surface area contributed by atoms with Gasteiger partial charge in [-0.2, -0.15) is 0 Å². The molecule has 1 fully saturated rings. The highest BCUT2D eigenvalue weighted by molar-refractivity contribution is 8.18. The van der Waals surface area contributed by atoms with Crippen molar-refractivity contribution in [2.24, 2.45) is 4.99 Å². The molecule has 1 N–H and O–H groups in total. The van der Waals surface area contributed by atoms with Crippen LogP contribution in [0.5, 0.6) is 11.5 Å². The molecule has 42 heavy (non-hydrogen) atoms. The number of amidine groups is 1. The van der Waals surface area contributed by atoms with Crippen molar-refractivity contribution < 1.29 is 19.4 Å².